The number of amides is 1. The number of ether oxygens (including phenoxy) is 3. The topological polar surface area (TPSA) is 94.2 Å². The van der Waals surface area contributed by atoms with E-state index in [1.54, 1.807) is 30.3 Å². The molecule has 0 aliphatic carbocycles. The second-order valence-corrected chi connectivity index (χ2v) is 7.83. The predicted molar refractivity (Wildman–Crippen MR) is 106 cm³/mol. The van der Waals surface area contributed by atoms with E-state index in [0.717, 1.165) is 4.31 Å². The van der Waals surface area contributed by atoms with E-state index in [-0.39, 0.29) is 11.4 Å². The molecule has 0 saturated carbocycles. The van der Waals surface area contributed by atoms with Gasteiger partial charge in [-0.2, -0.15) is 4.31 Å². The third-order valence-corrected chi connectivity index (χ3v) is 5.69. The van der Waals surface area contributed by atoms with Gasteiger partial charge in [-0.25, -0.2) is 8.42 Å². The molecule has 0 fully saturated rings. The summed E-state index contributed by atoms with van der Waals surface area (Å²) in [4.78, 5) is 12.4. The number of hydrogen-bond donors (Lipinski definition) is 1. The van der Waals surface area contributed by atoms with Gasteiger partial charge in [0.2, 0.25) is 15.9 Å². The number of rotatable bonds is 9. The molecule has 0 heterocycles. The second kappa shape index (κ2) is 9.43. The Morgan fingerprint density at radius 3 is 2.25 bits per heavy atom. The normalized spacial score (nSPS) is 11.2. The summed E-state index contributed by atoms with van der Waals surface area (Å²) in [5.41, 5.74) is 0.467. The van der Waals surface area contributed by atoms with Crippen LogP contribution in [0.15, 0.2) is 47.4 Å². The first-order valence-corrected chi connectivity index (χ1v) is 9.97. The molecule has 0 aliphatic heterocycles. The van der Waals surface area contributed by atoms with Gasteiger partial charge in [0.05, 0.1) is 32.3 Å². The largest absolute Gasteiger partial charge is 0.494 e. The van der Waals surface area contributed by atoms with Crippen molar-refractivity contribution < 1.29 is 27.4 Å². The van der Waals surface area contributed by atoms with E-state index in [4.69, 9.17) is 14.2 Å². The van der Waals surface area contributed by atoms with Crippen LogP contribution in [-0.4, -0.2) is 53.0 Å². The van der Waals surface area contributed by atoms with Crippen molar-refractivity contribution in [3.63, 3.8) is 0 Å². The van der Waals surface area contributed by atoms with E-state index in [9.17, 15) is 13.2 Å². The maximum atomic E-state index is 12.6. The summed E-state index contributed by atoms with van der Waals surface area (Å²) in [5.74, 6) is 1.07. The summed E-state index contributed by atoms with van der Waals surface area (Å²) in [6, 6.07) is 10.9. The molecule has 9 heteroatoms. The predicted octanol–water partition coefficient (Wildman–Crippen LogP) is 2.36. The third-order valence-electron chi connectivity index (χ3n) is 3.88. The van der Waals surface area contributed by atoms with Crippen LogP contribution in [0.2, 0.25) is 0 Å². The average molecular weight is 408 g/mol. The van der Waals surface area contributed by atoms with Crippen LogP contribution in [0, 0.1) is 0 Å². The number of hydrogen-bond acceptors (Lipinski definition) is 6. The van der Waals surface area contributed by atoms with Crippen molar-refractivity contribution in [1.82, 2.24) is 4.31 Å². The van der Waals surface area contributed by atoms with Gasteiger partial charge in [0, 0.05) is 18.8 Å². The zero-order valence-corrected chi connectivity index (χ0v) is 17.1. The van der Waals surface area contributed by atoms with Crippen LogP contribution in [0.1, 0.15) is 6.92 Å². The van der Waals surface area contributed by atoms with Gasteiger partial charge in [-0.05, 0) is 43.3 Å². The number of sulfonamides is 1. The first kappa shape index (κ1) is 21.5. The van der Waals surface area contributed by atoms with Crippen LogP contribution in [0.4, 0.5) is 5.69 Å². The highest BCUT2D eigenvalue weighted by Crippen LogP contribution is 2.29. The molecule has 0 aromatic heterocycles. The molecule has 0 radical (unpaired) electrons. The first-order valence-electron chi connectivity index (χ1n) is 8.53. The van der Waals surface area contributed by atoms with Gasteiger partial charge in [0.1, 0.15) is 5.75 Å². The lowest BCUT2D eigenvalue weighted by atomic mass is 10.2. The molecular formula is C19H24N2O6S. The highest BCUT2D eigenvalue weighted by Gasteiger charge is 2.23. The summed E-state index contributed by atoms with van der Waals surface area (Å²) < 4.78 is 41.9. The zero-order chi connectivity index (χ0) is 20.7. The highest BCUT2D eigenvalue weighted by atomic mass is 32.2. The molecule has 0 unspecified atom stereocenters. The molecule has 2 aromatic carbocycles. The fraction of sp³-hybridized carbons (Fsp3) is 0.316. The minimum atomic E-state index is -3.81. The van der Waals surface area contributed by atoms with E-state index in [1.165, 1.54) is 33.4 Å². The number of likely N-dealkylation sites (N-methyl/N-ethyl adjacent to an activating group) is 1. The fourth-order valence-electron chi connectivity index (χ4n) is 2.46. The number of nitrogens with zero attached hydrogens (tertiary/aromatic N) is 1. The van der Waals surface area contributed by atoms with Crippen molar-refractivity contribution in [3.8, 4) is 17.2 Å². The van der Waals surface area contributed by atoms with Crippen molar-refractivity contribution in [1.29, 1.82) is 0 Å². The smallest absolute Gasteiger partial charge is 0.243 e. The molecule has 2 aromatic rings. The quantitative estimate of drug-likeness (QED) is 0.685. The Morgan fingerprint density at radius 1 is 1.04 bits per heavy atom. The molecule has 152 valence electrons. The van der Waals surface area contributed by atoms with Crippen molar-refractivity contribution in [3.05, 3.63) is 42.5 Å². The molecule has 1 N–H and O–H groups in total. The lowest BCUT2D eigenvalue weighted by molar-refractivity contribution is -0.116. The van der Waals surface area contributed by atoms with E-state index < -0.39 is 15.9 Å². The number of carbonyl (C=O) groups excluding carboxylic acids is 1. The highest BCUT2D eigenvalue weighted by molar-refractivity contribution is 7.89. The Morgan fingerprint density at radius 2 is 1.68 bits per heavy atom. The summed E-state index contributed by atoms with van der Waals surface area (Å²) >= 11 is 0. The molecular weight excluding hydrogens is 384 g/mol. The van der Waals surface area contributed by atoms with Crippen molar-refractivity contribution in [2.24, 2.45) is 0 Å². The summed E-state index contributed by atoms with van der Waals surface area (Å²) in [6.45, 7) is 1.99. The standard InChI is InChI=1S/C19H24N2O6S/c1-5-27-15-7-9-16(10-8-15)28(23,24)21(2)13-19(22)20-14-6-11-17(25-3)18(12-14)26-4/h6-12H,5,13H2,1-4H3,(H,20,22). The van der Waals surface area contributed by atoms with Crippen LogP contribution in [0.5, 0.6) is 17.2 Å². The van der Waals surface area contributed by atoms with Crippen LogP contribution in [-0.2, 0) is 14.8 Å². The average Bonchev–Trinajstić information content (AvgIpc) is 2.68. The van der Waals surface area contributed by atoms with Crippen molar-refractivity contribution in [2.45, 2.75) is 11.8 Å². The van der Waals surface area contributed by atoms with Gasteiger partial charge in [-0.1, -0.05) is 0 Å². The molecule has 8 nitrogen and oxygen atoms in total. The summed E-state index contributed by atoms with van der Waals surface area (Å²) in [6.07, 6.45) is 0. The maximum absolute atomic E-state index is 12.6. The number of methoxy groups -OCH3 is 2. The maximum Gasteiger partial charge on any atom is 0.243 e. The number of benzene rings is 2. The van der Waals surface area contributed by atoms with E-state index in [0.29, 0.717) is 29.5 Å². The first-order chi connectivity index (χ1) is 13.3. The van der Waals surface area contributed by atoms with Crippen LogP contribution in [0.25, 0.3) is 0 Å². The molecule has 28 heavy (non-hydrogen) atoms. The minimum Gasteiger partial charge on any atom is -0.494 e. The van der Waals surface area contributed by atoms with Gasteiger partial charge >= 0.3 is 0 Å². The summed E-state index contributed by atoms with van der Waals surface area (Å²) in [5, 5.41) is 2.65. The van der Waals surface area contributed by atoms with Crippen molar-refractivity contribution in [2.75, 3.05) is 39.7 Å². The molecule has 0 atom stereocenters. The van der Waals surface area contributed by atoms with Gasteiger partial charge in [0.15, 0.2) is 11.5 Å². The van der Waals surface area contributed by atoms with E-state index in [1.807, 2.05) is 6.92 Å². The fourth-order valence-corrected chi connectivity index (χ4v) is 3.58. The molecule has 2 rings (SSSR count). The van der Waals surface area contributed by atoms with Crippen molar-refractivity contribution >= 4 is 21.6 Å². The Kier molecular flexibility index (Phi) is 7.24. The van der Waals surface area contributed by atoms with Gasteiger partial charge < -0.3 is 19.5 Å². The monoisotopic (exact) mass is 408 g/mol. The zero-order valence-electron chi connectivity index (χ0n) is 16.3. The van der Waals surface area contributed by atoms with Crippen LogP contribution >= 0.6 is 0 Å². The molecule has 0 saturated heterocycles. The third kappa shape index (κ3) is 5.14. The second-order valence-electron chi connectivity index (χ2n) is 5.78. The molecule has 0 spiro atoms. The van der Waals surface area contributed by atoms with Gasteiger partial charge in [-0.3, -0.25) is 4.79 Å². The van der Waals surface area contributed by atoms with E-state index >= 15 is 0 Å². The van der Waals surface area contributed by atoms with Crippen LogP contribution in [0.3, 0.4) is 0 Å². The molecule has 0 bridgehead atoms. The number of nitrogens with one attached hydrogen (secondary N) is 1. The lowest BCUT2D eigenvalue weighted by Gasteiger charge is -2.17. The van der Waals surface area contributed by atoms with E-state index in [2.05, 4.69) is 5.32 Å². The molecule has 1 amide bonds. The minimum absolute atomic E-state index is 0.0809. The Bertz CT molecular complexity index is 913. The van der Waals surface area contributed by atoms with Crippen LogP contribution < -0.4 is 19.5 Å². The van der Waals surface area contributed by atoms with Gasteiger partial charge in [-0.15, -0.1) is 0 Å². The number of carbonyl (C=O) groups is 1. The Labute approximate surface area is 165 Å². The Hall–Kier alpha value is -2.78. The summed E-state index contributed by atoms with van der Waals surface area (Å²) in [7, 11) is 0.535. The lowest BCUT2D eigenvalue weighted by Crippen LogP contribution is -2.34. The SMILES string of the molecule is CCOc1ccc(S(=O)(=O)N(C)CC(=O)Nc2ccc(OC)c(OC)c2)cc1. The number of anilines is 1. The van der Waals surface area contributed by atoms with Gasteiger partial charge in [0.25, 0.3) is 0 Å². The molecule has 0 aliphatic rings. The Balaban J connectivity index is 2.06.